The summed E-state index contributed by atoms with van der Waals surface area (Å²) in [5.74, 6) is -0.343. The van der Waals surface area contributed by atoms with Crippen LogP contribution in [0.15, 0.2) is 18.3 Å². The monoisotopic (exact) mass is 264 g/mol. The summed E-state index contributed by atoms with van der Waals surface area (Å²) in [5, 5.41) is 3.30. The Labute approximate surface area is 113 Å². The first-order valence-electron chi connectivity index (χ1n) is 6.66. The molecular formula is C14H20N2O3. The van der Waals surface area contributed by atoms with E-state index in [1.807, 2.05) is 0 Å². The Kier molecular flexibility index (Phi) is 5.30. The molecule has 0 aliphatic carbocycles. The summed E-state index contributed by atoms with van der Waals surface area (Å²) >= 11 is 0. The number of nitrogens with zero attached hydrogens (tertiary/aromatic N) is 1. The van der Waals surface area contributed by atoms with E-state index in [1.54, 1.807) is 18.3 Å². The number of carbonyl (C=O) groups excluding carboxylic acids is 1. The topological polar surface area (TPSA) is 60.5 Å². The van der Waals surface area contributed by atoms with Crippen molar-refractivity contribution in [2.24, 2.45) is 0 Å². The second kappa shape index (κ2) is 7.21. The predicted octanol–water partition coefficient (Wildman–Crippen LogP) is 1.53. The molecule has 1 fully saturated rings. The van der Waals surface area contributed by atoms with Crippen molar-refractivity contribution in [2.45, 2.75) is 31.9 Å². The molecule has 1 aliphatic heterocycles. The molecule has 1 aromatic heterocycles. The largest absolute Gasteiger partial charge is 0.465 e. The number of methoxy groups -OCH3 is 1. The zero-order valence-electron chi connectivity index (χ0n) is 11.2. The molecule has 1 N–H and O–H groups in total. The van der Waals surface area contributed by atoms with E-state index in [1.165, 1.54) is 7.11 Å². The zero-order valence-corrected chi connectivity index (χ0v) is 11.2. The van der Waals surface area contributed by atoms with Crippen LogP contribution in [0.25, 0.3) is 0 Å². The van der Waals surface area contributed by atoms with Crippen molar-refractivity contribution in [1.29, 1.82) is 0 Å². The van der Waals surface area contributed by atoms with E-state index in [0.29, 0.717) is 18.2 Å². The second-order valence-electron chi connectivity index (χ2n) is 4.59. The molecule has 0 saturated carbocycles. The first-order chi connectivity index (χ1) is 9.31. The summed E-state index contributed by atoms with van der Waals surface area (Å²) in [5.41, 5.74) is 1.25. The Morgan fingerprint density at radius 1 is 1.63 bits per heavy atom. The van der Waals surface area contributed by atoms with Gasteiger partial charge in [-0.3, -0.25) is 4.98 Å². The van der Waals surface area contributed by atoms with Crippen LogP contribution in [0.5, 0.6) is 0 Å². The molecule has 1 aliphatic rings. The lowest BCUT2D eigenvalue weighted by Crippen LogP contribution is -2.22. The van der Waals surface area contributed by atoms with E-state index in [9.17, 15) is 4.79 Å². The molecule has 5 heteroatoms. The summed E-state index contributed by atoms with van der Waals surface area (Å²) < 4.78 is 10.3. The van der Waals surface area contributed by atoms with Gasteiger partial charge in [0.25, 0.3) is 0 Å². The summed E-state index contributed by atoms with van der Waals surface area (Å²) in [6.07, 6.45) is 5.39. The third-order valence-corrected chi connectivity index (χ3v) is 3.26. The molecule has 1 aromatic rings. The Hall–Kier alpha value is -1.46. The van der Waals surface area contributed by atoms with Crippen LogP contribution in [0.4, 0.5) is 0 Å². The molecule has 0 amide bonds. The van der Waals surface area contributed by atoms with Crippen LogP contribution in [-0.4, -0.2) is 37.3 Å². The van der Waals surface area contributed by atoms with Crippen molar-refractivity contribution in [3.05, 3.63) is 29.6 Å². The van der Waals surface area contributed by atoms with Gasteiger partial charge in [0, 0.05) is 19.3 Å². The molecule has 0 bridgehead atoms. The number of carbonyl (C=O) groups is 1. The molecule has 0 aromatic carbocycles. The van der Waals surface area contributed by atoms with E-state index in [4.69, 9.17) is 9.47 Å². The lowest BCUT2D eigenvalue weighted by Gasteiger charge is -2.11. The molecule has 2 rings (SSSR count). The lowest BCUT2D eigenvalue weighted by molar-refractivity contribution is 0.0598. The highest BCUT2D eigenvalue weighted by Crippen LogP contribution is 2.14. The highest BCUT2D eigenvalue weighted by molar-refractivity contribution is 5.90. The molecule has 0 spiro atoms. The summed E-state index contributed by atoms with van der Waals surface area (Å²) in [4.78, 5) is 15.8. The van der Waals surface area contributed by atoms with Crippen molar-refractivity contribution in [1.82, 2.24) is 10.3 Å². The van der Waals surface area contributed by atoms with Crippen LogP contribution in [0, 0.1) is 0 Å². The highest BCUT2D eigenvalue weighted by Gasteiger charge is 2.15. The van der Waals surface area contributed by atoms with Crippen LogP contribution in [0.1, 0.15) is 35.3 Å². The van der Waals surface area contributed by atoms with Gasteiger partial charge in [-0.1, -0.05) is 0 Å². The number of hydrogen-bond donors (Lipinski definition) is 1. The fraction of sp³-hybridized carbons (Fsp3) is 0.571. The number of pyridine rings is 1. The van der Waals surface area contributed by atoms with Crippen molar-refractivity contribution >= 4 is 5.97 Å². The molecular weight excluding hydrogens is 244 g/mol. The molecule has 0 radical (unpaired) electrons. The Balaban J connectivity index is 1.80. The summed E-state index contributed by atoms with van der Waals surface area (Å²) in [7, 11) is 1.38. The van der Waals surface area contributed by atoms with E-state index >= 15 is 0 Å². The number of esters is 1. The smallest absolute Gasteiger partial charge is 0.339 e. The average Bonchev–Trinajstić information content (AvgIpc) is 2.96. The van der Waals surface area contributed by atoms with Gasteiger partial charge in [0.15, 0.2) is 0 Å². The number of ether oxygens (including phenoxy) is 2. The third kappa shape index (κ3) is 4.01. The molecule has 19 heavy (non-hydrogen) atoms. The van der Waals surface area contributed by atoms with Crippen molar-refractivity contribution in [3.8, 4) is 0 Å². The molecule has 5 nitrogen and oxygen atoms in total. The standard InChI is InChI=1S/C14H20N2O3/c1-18-14(17)12-5-2-7-16-13(12)10-15-8-6-11-4-3-9-19-11/h2,5,7,11,15H,3-4,6,8-10H2,1H3. The highest BCUT2D eigenvalue weighted by atomic mass is 16.5. The van der Waals surface area contributed by atoms with Crippen molar-refractivity contribution in [2.75, 3.05) is 20.3 Å². The quantitative estimate of drug-likeness (QED) is 0.623. The van der Waals surface area contributed by atoms with Gasteiger partial charge in [0.1, 0.15) is 0 Å². The maximum atomic E-state index is 11.6. The Morgan fingerprint density at radius 2 is 2.53 bits per heavy atom. The van der Waals surface area contributed by atoms with E-state index < -0.39 is 0 Å². The summed E-state index contributed by atoms with van der Waals surface area (Å²) in [6, 6.07) is 3.47. The Morgan fingerprint density at radius 3 is 3.26 bits per heavy atom. The SMILES string of the molecule is COC(=O)c1cccnc1CNCCC1CCCO1. The third-order valence-electron chi connectivity index (χ3n) is 3.26. The van der Waals surface area contributed by atoms with Crippen LogP contribution >= 0.6 is 0 Å². The fourth-order valence-corrected chi connectivity index (χ4v) is 2.22. The van der Waals surface area contributed by atoms with E-state index in [-0.39, 0.29) is 5.97 Å². The number of aromatic nitrogens is 1. The normalized spacial score (nSPS) is 18.5. The van der Waals surface area contributed by atoms with Gasteiger partial charge in [-0.05, 0) is 37.9 Å². The maximum absolute atomic E-state index is 11.6. The number of hydrogen-bond acceptors (Lipinski definition) is 5. The number of rotatable bonds is 6. The predicted molar refractivity (Wildman–Crippen MR) is 70.9 cm³/mol. The second-order valence-corrected chi connectivity index (χ2v) is 4.59. The first kappa shape index (κ1) is 14.0. The molecule has 104 valence electrons. The maximum Gasteiger partial charge on any atom is 0.339 e. The van der Waals surface area contributed by atoms with Gasteiger partial charge in [0.2, 0.25) is 0 Å². The van der Waals surface area contributed by atoms with Crippen LogP contribution in [0.3, 0.4) is 0 Å². The van der Waals surface area contributed by atoms with Gasteiger partial charge < -0.3 is 14.8 Å². The minimum atomic E-state index is -0.343. The van der Waals surface area contributed by atoms with Crippen molar-refractivity contribution < 1.29 is 14.3 Å². The van der Waals surface area contributed by atoms with Gasteiger partial charge in [-0.2, -0.15) is 0 Å². The number of nitrogens with one attached hydrogen (secondary N) is 1. The minimum Gasteiger partial charge on any atom is -0.465 e. The van der Waals surface area contributed by atoms with Crippen LogP contribution in [-0.2, 0) is 16.0 Å². The zero-order chi connectivity index (χ0) is 13.5. The molecule has 1 atom stereocenters. The first-order valence-corrected chi connectivity index (χ1v) is 6.66. The fourth-order valence-electron chi connectivity index (χ4n) is 2.22. The average molecular weight is 264 g/mol. The van der Waals surface area contributed by atoms with E-state index in [2.05, 4.69) is 10.3 Å². The van der Waals surface area contributed by atoms with Gasteiger partial charge >= 0.3 is 5.97 Å². The molecule has 2 heterocycles. The minimum absolute atomic E-state index is 0.343. The Bertz CT molecular complexity index is 417. The van der Waals surface area contributed by atoms with Gasteiger partial charge in [0.05, 0.1) is 24.5 Å². The molecule has 1 saturated heterocycles. The van der Waals surface area contributed by atoms with Crippen LogP contribution < -0.4 is 5.32 Å². The van der Waals surface area contributed by atoms with Crippen molar-refractivity contribution in [3.63, 3.8) is 0 Å². The summed E-state index contributed by atoms with van der Waals surface area (Å²) in [6.45, 7) is 2.32. The lowest BCUT2D eigenvalue weighted by atomic mass is 10.1. The molecule has 1 unspecified atom stereocenters. The van der Waals surface area contributed by atoms with Crippen LogP contribution in [0.2, 0.25) is 0 Å². The van der Waals surface area contributed by atoms with Gasteiger partial charge in [-0.25, -0.2) is 4.79 Å². The van der Waals surface area contributed by atoms with E-state index in [0.717, 1.165) is 38.1 Å². The van der Waals surface area contributed by atoms with Gasteiger partial charge in [-0.15, -0.1) is 0 Å².